The van der Waals surface area contributed by atoms with E-state index >= 15 is 0 Å². The van der Waals surface area contributed by atoms with Crippen molar-refractivity contribution in [2.24, 2.45) is 0 Å². The molecule has 3 aromatic carbocycles. The Balaban J connectivity index is 2.09. The van der Waals surface area contributed by atoms with Gasteiger partial charge in [-0.3, -0.25) is 13.9 Å². The molecule has 0 radical (unpaired) electrons. The zero-order chi connectivity index (χ0) is 30.2. The quantitative estimate of drug-likeness (QED) is 0.259. The number of benzene rings is 3. The Labute approximate surface area is 252 Å². The van der Waals surface area contributed by atoms with E-state index in [1.807, 2.05) is 13.8 Å². The summed E-state index contributed by atoms with van der Waals surface area (Å²) >= 11 is 12.5. The zero-order valence-electron chi connectivity index (χ0n) is 23.6. The van der Waals surface area contributed by atoms with Crippen LogP contribution in [0.4, 0.5) is 5.69 Å². The predicted octanol–water partition coefficient (Wildman–Crippen LogP) is 5.84. The van der Waals surface area contributed by atoms with E-state index in [0.717, 1.165) is 9.87 Å². The maximum Gasteiger partial charge on any atom is 0.264 e. The van der Waals surface area contributed by atoms with Crippen LogP contribution in [0, 0.1) is 6.92 Å². The van der Waals surface area contributed by atoms with E-state index in [1.54, 1.807) is 68.4 Å². The van der Waals surface area contributed by atoms with Gasteiger partial charge in [-0.1, -0.05) is 66.0 Å². The van der Waals surface area contributed by atoms with Crippen LogP contribution in [0.1, 0.15) is 38.3 Å². The van der Waals surface area contributed by atoms with Gasteiger partial charge in [0.25, 0.3) is 10.0 Å². The van der Waals surface area contributed by atoms with Crippen LogP contribution < -0.4 is 14.4 Å². The minimum absolute atomic E-state index is 0.0169. The highest BCUT2D eigenvalue weighted by Gasteiger charge is 2.34. The molecule has 0 spiro atoms. The lowest BCUT2D eigenvalue weighted by Crippen LogP contribution is -2.51. The summed E-state index contributed by atoms with van der Waals surface area (Å²) in [6.07, 6.45) is 0.714. The largest absolute Gasteiger partial charge is 0.492 e. The number of aryl methyl sites for hydroxylation is 1. The number of hydrogen-bond donors (Lipinski definition) is 1. The smallest absolute Gasteiger partial charge is 0.264 e. The SMILES string of the molecule is CCCNC(=O)[C@H](C)N(Cc1ccc(Cl)cc1Cl)C(=O)CN(c1ccccc1OCC)S(=O)(=O)c1ccc(C)cc1. The van der Waals surface area contributed by atoms with Crippen molar-refractivity contribution in [3.63, 3.8) is 0 Å². The molecule has 11 heteroatoms. The van der Waals surface area contributed by atoms with Crippen LogP contribution in [-0.4, -0.2) is 50.9 Å². The molecule has 0 aliphatic carbocycles. The van der Waals surface area contributed by atoms with Gasteiger partial charge in [0.05, 0.1) is 17.2 Å². The number of ether oxygens (including phenoxy) is 1. The van der Waals surface area contributed by atoms with Crippen molar-refractivity contribution in [3.8, 4) is 5.75 Å². The maximum absolute atomic E-state index is 14.1. The minimum Gasteiger partial charge on any atom is -0.492 e. The standard InChI is InChI=1S/C30H35Cl2N3O5S/c1-5-17-33-30(37)22(4)34(19-23-13-14-24(31)18-26(23)32)29(36)20-35(27-9-7-8-10-28(27)40-6-2)41(38,39)25-15-11-21(3)12-16-25/h7-16,18,22H,5-6,17,19-20H2,1-4H3,(H,33,37)/t22-/m0/s1. The molecule has 0 aromatic heterocycles. The fourth-order valence-corrected chi connectivity index (χ4v) is 6.00. The molecule has 1 atom stereocenters. The number of sulfonamides is 1. The summed E-state index contributed by atoms with van der Waals surface area (Å²) in [6, 6.07) is 16.9. The number of hydrogen-bond acceptors (Lipinski definition) is 5. The summed E-state index contributed by atoms with van der Waals surface area (Å²) in [6.45, 7) is 7.26. The predicted molar refractivity (Wildman–Crippen MR) is 163 cm³/mol. The summed E-state index contributed by atoms with van der Waals surface area (Å²) in [5.74, 6) is -0.662. The molecule has 0 bridgehead atoms. The van der Waals surface area contributed by atoms with Gasteiger partial charge in [0.2, 0.25) is 11.8 Å². The first-order valence-electron chi connectivity index (χ1n) is 13.3. The first kappa shape index (κ1) is 32.2. The Morgan fingerprint density at radius 2 is 1.68 bits per heavy atom. The molecule has 0 saturated heterocycles. The molecule has 3 aromatic rings. The molecule has 8 nitrogen and oxygen atoms in total. The molecule has 41 heavy (non-hydrogen) atoms. The Morgan fingerprint density at radius 1 is 1.00 bits per heavy atom. The van der Waals surface area contributed by atoms with E-state index in [9.17, 15) is 18.0 Å². The molecule has 2 amide bonds. The van der Waals surface area contributed by atoms with Crippen molar-refractivity contribution in [3.05, 3.63) is 87.9 Å². The first-order valence-corrected chi connectivity index (χ1v) is 15.5. The van der Waals surface area contributed by atoms with Crippen molar-refractivity contribution < 1.29 is 22.7 Å². The molecule has 0 unspecified atom stereocenters. The van der Waals surface area contributed by atoms with E-state index in [-0.39, 0.29) is 23.0 Å². The van der Waals surface area contributed by atoms with Crippen molar-refractivity contribution >= 4 is 50.7 Å². The van der Waals surface area contributed by atoms with Crippen LogP contribution in [0.25, 0.3) is 0 Å². The molecule has 0 saturated carbocycles. The second-order valence-electron chi connectivity index (χ2n) is 9.45. The van der Waals surface area contributed by atoms with E-state index in [1.165, 1.54) is 17.0 Å². The van der Waals surface area contributed by atoms with Gasteiger partial charge in [0.1, 0.15) is 18.3 Å². The third-order valence-corrected chi connectivity index (χ3v) is 8.75. The topological polar surface area (TPSA) is 96.0 Å². The fourth-order valence-electron chi connectivity index (χ4n) is 4.10. The average Bonchev–Trinajstić information content (AvgIpc) is 2.94. The third-order valence-electron chi connectivity index (χ3n) is 6.39. The zero-order valence-corrected chi connectivity index (χ0v) is 25.9. The second-order valence-corrected chi connectivity index (χ2v) is 12.2. The van der Waals surface area contributed by atoms with Gasteiger partial charge in [0, 0.05) is 23.1 Å². The monoisotopic (exact) mass is 619 g/mol. The maximum atomic E-state index is 14.1. The molecule has 0 heterocycles. The second kappa shape index (κ2) is 14.6. The molecular formula is C30H35Cl2N3O5S. The number of carbonyl (C=O) groups is 2. The number of halogens is 2. The summed E-state index contributed by atoms with van der Waals surface area (Å²) in [5.41, 5.74) is 1.65. The Morgan fingerprint density at radius 3 is 2.32 bits per heavy atom. The first-order chi connectivity index (χ1) is 19.5. The molecule has 0 fully saturated rings. The van der Waals surface area contributed by atoms with Crippen molar-refractivity contribution in [2.75, 3.05) is 24.0 Å². The van der Waals surface area contributed by atoms with Gasteiger partial charge < -0.3 is 15.0 Å². The van der Waals surface area contributed by atoms with Crippen LogP contribution in [0.5, 0.6) is 5.75 Å². The van der Waals surface area contributed by atoms with E-state index in [2.05, 4.69) is 5.32 Å². The fraction of sp³-hybridized carbons (Fsp3) is 0.333. The number of amides is 2. The van der Waals surface area contributed by atoms with Gasteiger partial charge >= 0.3 is 0 Å². The molecule has 220 valence electrons. The van der Waals surface area contributed by atoms with Gasteiger partial charge in [-0.15, -0.1) is 0 Å². The summed E-state index contributed by atoms with van der Waals surface area (Å²) in [4.78, 5) is 28.4. The van der Waals surface area contributed by atoms with Crippen molar-refractivity contribution in [1.29, 1.82) is 0 Å². The normalized spacial score (nSPS) is 12.0. The highest BCUT2D eigenvalue weighted by Crippen LogP contribution is 2.33. The highest BCUT2D eigenvalue weighted by molar-refractivity contribution is 7.92. The number of para-hydroxylation sites is 2. The number of nitrogens with zero attached hydrogens (tertiary/aromatic N) is 2. The lowest BCUT2D eigenvalue weighted by molar-refractivity contribution is -0.139. The molecular weight excluding hydrogens is 585 g/mol. The van der Waals surface area contributed by atoms with E-state index in [0.29, 0.717) is 40.9 Å². The van der Waals surface area contributed by atoms with Crippen molar-refractivity contribution in [2.45, 2.75) is 51.6 Å². The molecule has 1 N–H and O–H groups in total. The van der Waals surface area contributed by atoms with Gasteiger partial charge in [-0.2, -0.15) is 0 Å². The van der Waals surface area contributed by atoms with E-state index < -0.39 is 28.5 Å². The van der Waals surface area contributed by atoms with E-state index in [4.69, 9.17) is 27.9 Å². The Bertz CT molecular complexity index is 1470. The Kier molecular flexibility index (Phi) is 11.5. The van der Waals surface area contributed by atoms with Crippen LogP contribution in [0.3, 0.4) is 0 Å². The van der Waals surface area contributed by atoms with Crippen LogP contribution in [-0.2, 0) is 26.2 Å². The number of carbonyl (C=O) groups excluding carboxylic acids is 2. The van der Waals surface area contributed by atoms with Gasteiger partial charge in [-0.25, -0.2) is 8.42 Å². The van der Waals surface area contributed by atoms with Gasteiger partial charge in [0.15, 0.2) is 0 Å². The molecule has 3 rings (SSSR count). The number of rotatable bonds is 13. The molecule has 0 aliphatic rings. The number of anilines is 1. The average molecular weight is 621 g/mol. The molecule has 0 aliphatic heterocycles. The lowest BCUT2D eigenvalue weighted by Gasteiger charge is -2.32. The summed E-state index contributed by atoms with van der Waals surface area (Å²) in [5, 5.41) is 3.56. The third kappa shape index (κ3) is 8.15. The lowest BCUT2D eigenvalue weighted by atomic mass is 10.1. The minimum atomic E-state index is -4.23. The van der Waals surface area contributed by atoms with Crippen LogP contribution >= 0.6 is 23.2 Å². The summed E-state index contributed by atoms with van der Waals surface area (Å²) < 4.78 is 34.8. The van der Waals surface area contributed by atoms with Crippen molar-refractivity contribution in [1.82, 2.24) is 10.2 Å². The van der Waals surface area contributed by atoms with Crippen LogP contribution in [0.15, 0.2) is 71.6 Å². The van der Waals surface area contributed by atoms with Gasteiger partial charge in [-0.05, 0) is 69.2 Å². The number of nitrogens with one attached hydrogen (secondary N) is 1. The summed E-state index contributed by atoms with van der Waals surface area (Å²) in [7, 11) is -4.23. The highest BCUT2D eigenvalue weighted by atomic mass is 35.5. The Hall–Kier alpha value is -3.27. The van der Waals surface area contributed by atoms with Crippen LogP contribution in [0.2, 0.25) is 10.0 Å².